The number of aromatic amines is 1. The number of hydrogen-bond acceptors (Lipinski definition) is 6. The molecule has 5 aromatic rings. The second-order valence-corrected chi connectivity index (χ2v) is 9.19. The SMILES string of the molecule is CCCCc1nc(C)n(-c2ccc(C)cn2)c(=O)c1Cc1ccc(-c2ccccc2-c2nnn[nH]2)cc1. The average Bonchev–Trinajstić information content (AvgIpc) is 3.46. The number of H-pyrrole nitrogens is 1. The van der Waals surface area contributed by atoms with Crippen LogP contribution in [0.4, 0.5) is 0 Å². The highest BCUT2D eigenvalue weighted by Gasteiger charge is 2.17. The van der Waals surface area contributed by atoms with Crippen LogP contribution in [0.25, 0.3) is 28.3 Å². The van der Waals surface area contributed by atoms with Crippen molar-refractivity contribution < 1.29 is 0 Å². The van der Waals surface area contributed by atoms with Gasteiger partial charge in [0.05, 0.1) is 5.69 Å². The van der Waals surface area contributed by atoms with Gasteiger partial charge in [0.25, 0.3) is 5.56 Å². The molecule has 0 saturated heterocycles. The molecule has 0 atom stereocenters. The van der Waals surface area contributed by atoms with E-state index in [1.54, 1.807) is 10.8 Å². The van der Waals surface area contributed by atoms with Gasteiger partial charge in [0, 0.05) is 23.7 Å². The minimum absolute atomic E-state index is 0.0535. The zero-order valence-corrected chi connectivity index (χ0v) is 21.3. The summed E-state index contributed by atoms with van der Waals surface area (Å²) in [6.07, 6.45) is 5.08. The van der Waals surface area contributed by atoms with E-state index in [0.29, 0.717) is 23.9 Å². The number of nitrogens with zero attached hydrogens (tertiary/aromatic N) is 6. The Kier molecular flexibility index (Phi) is 6.98. The number of aryl methyl sites for hydroxylation is 3. The summed E-state index contributed by atoms with van der Waals surface area (Å²) in [5.74, 6) is 1.87. The molecular weight excluding hydrogens is 462 g/mol. The fourth-order valence-corrected chi connectivity index (χ4v) is 4.53. The summed E-state index contributed by atoms with van der Waals surface area (Å²) in [6.45, 7) is 6.00. The third-order valence-electron chi connectivity index (χ3n) is 6.50. The Bertz CT molecular complexity index is 1550. The summed E-state index contributed by atoms with van der Waals surface area (Å²) < 4.78 is 1.63. The highest BCUT2D eigenvalue weighted by molar-refractivity contribution is 5.80. The number of unbranched alkanes of at least 4 members (excludes halogenated alkanes) is 1. The number of aromatic nitrogens is 7. The predicted octanol–water partition coefficient (Wildman–Crippen LogP) is 5.02. The number of rotatable bonds is 8. The molecule has 1 N–H and O–H groups in total. The van der Waals surface area contributed by atoms with Gasteiger partial charge in [-0.1, -0.05) is 67.9 Å². The molecule has 8 heteroatoms. The van der Waals surface area contributed by atoms with Crippen LogP contribution >= 0.6 is 0 Å². The van der Waals surface area contributed by atoms with Crippen molar-refractivity contribution in [1.29, 1.82) is 0 Å². The lowest BCUT2D eigenvalue weighted by Gasteiger charge is -2.15. The normalized spacial score (nSPS) is 11.1. The van der Waals surface area contributed by atoms with Crippen LogP contribution in [0.5, 0.6) is 0 Å². The molecule has 0 aliphatic heterocycles. The Labute approximate surface area is 215 Å². The van der Waals surface area contributed by atoms with Crippen molar-refractivity contribution in [3.05, 3.63) is 105 Å². The van der Waals surface area contributed by atoms with Gasteiger partial charge in [-0.3, -0.25) is 4.79 Å². The number of pyridine rings is 1. The molecule has 0 aliphatic carbocycles. The van der Waals surface area contributed by atoms with Crippen LogP contribution < -0.4 is 5.56 Å². The Hall–Kier alpha value is -4.46. The van der Waals surface area contributed by atoms with Gasteiger partial charge in [0.15, 0.2) is 5.82 Å². The molecule has 186 valence electrons. The van der Waals surface area contributed by atoms with Crippen molar-refractivity contribution in [2.45, 2.75) is 46.5 Å². The first-order valence-corrected chi connectivity index (χ1v) is 12.5. The third kappa shape index (κ3) is 5.09. The molecule has 0 saturated carbocycles. The van der Waals surface area contributed by atoms with Gasteiger partial charge < -0.3 is 0 Å². The molecule has 3 heterocycles. The Morgan fingerprint density at radius 1 is 0.946 bits per heavy atom. The van der Waals surface area contributed by atoms with E-state index in [2.05, 4.69) is 56.8 Å². The largest absolute Gasteiger partial charge is 0.268 e. The molecule has 2 aromatic carbocycles. The average molecular weight is 492 g/mol. The van der Waals surface area contributed by atoms with E-state index in [1.165, 1.54) is 0 Å². The van der Waals surface area contributed by atoms with E-state index in [-0.39, 0.29) is 5.56 Å². The summed E-state index contributed by atoms with van der Waals surface area (Å²) in [5, 5.41) is 14.3. The molecule has 0 spiro atoms. The minimum Gasteiger partial charge on any atom is -0.268 e. The Balaban J connectivity index is 1.51. The molecule has 37 heavy (non-hydrogen) atoms. The molecule has 0 bridgehead atoms. The van der Waals surface area contributed by atoms with E-state index in [1.807, 2.05) is 50.2 Å². The highest BCUT2D eigenvalue weighted by atomic mass is 16.1. The van der Waals surface area contributed by atoms with Gasteiger partial charge in [0.2, 0.25) is 0 Å². The Morgan fingerprint density at radius 2 is 1.73 bits per heavy atom. The van der Waals surface area contributed by atoms with Gasteiger partial charge in [-0.15, -0.1) is 5.10 Å². The molecular formula is C29H29N7O. The number of hydrogen-bond donors (Lipinski definition) is 1. The number of nitrogens with one attached hydrogen (secondary N) is 1. The monoisotopic (exact) mass is 491 g/mol. The van der Waals surface area contributed by atoms with Crippen molar-refractivity contribution in [2.75, 3.05) is 0 Å². The zero-order valence-electron chi connectivity index (χ0n) is 21.3. The van der Waals surface area contributed by atoms with Crippen LogP contribution in [-0.4, -0.2) is 35.2 Å². The molecule has 0 amide bonds. The maximum atomic E-state index is 13.8. The first kappa shape index (κ1) is 24.2. The topological polar surface area (TPSA) is 102 Å². The highest BCUT2D eigenvalue weighted by Crippen LogP contribution is 2.30. The van der Waals surface area contributed by atoms with E-state index in [0.717, 1.165) is 58.3 Å². The van der Waals surface area contributed by atoms with Crippen LogP contribution in [0.2, 0.25) is 0 Å². The third-order valence-corrected chi connectivity index (χ3v) is 6.50. The molecule has 0 aliphatic rings. The predicted molar refractivity (Wildman–Crippen MR) is 144 cm³/mol. The molecule has 8 nitrogen and oxygen atoms in total. The number of tetrazole rings is 1. The van der Waals surface area contributed by atoms with Crippen molar-refractivity contribution in [2.24, 2.45) is 0 Å². The second kappa shape index (κ2) is 10.7. The molecule has 0 radical (unpaired) electrons. The van der Waals surface area contributed by atoms with E-state index in [9.17, 15) is 4.79 Å². The minimum atomic E-state index is -0.0535. The van der Waals surface area contributed by atoms with Gasteiger partial charge in [-0.2, -0.15) is 0 Å². The number of benzene rings is 2. The lowest BCUT2D eigenvalue weighted by atomic mass is 9.96. The van der Waals surface area contributed by atoms with Crippen LogP contribution in [0.15, 0.2) is 71.7 Å². The lowest BCUT2D eigenvalue weighted by Crippen LogP contribution is -2.29. The van der Waals surface area contributed by atoms with Gasteiger partial charge in [-0.25, -0.2) is 19.6 Å². The van der Waals surface area contributed by atoms with Gasteiger partial charge in [-0.05, 0) is 65.4 Å². The Morgan fingerprint density at radius 3 is 2.41 bits per heavy atom. The second-order valence-electron chi connectivity index (χ2n) is 9.19. The smallest absolute Gasteiger partial charge is 0.263 e. The maximum Gasteiger partial charge on any atom is 0.263 e. The van der Waals surface area contributed by atoms with Gasteiger partial charge >= 0.3 is 0 Å². The summed E-state index contributed by atoms with van der Waals surface area (Å²) >= 11 is 0. The van der Waals surface area contributed by atoms with Crippen molar-refractivity contribution in [3.8, 4) is 28.3 Å². The summed E-state index contributed by atoms with van der Waals surface area (Å²) in [5.41, 5.74) is 6.64. The molecule has 3 aromatic heterocycles. The maximum absolute atomic E-state index is 13.8. The zero-order chi connectivity index (χ0) is 25.8. The van der Waals surface area contributed by atoms with Crippen molar-refractivity contribution in [3.63, 3.8) is 0 Å². The standard InChI is InChI=1S/C29H29N7O/c1-4-5-10-26-25(29(37)36(20(3)31-26)27-16-11-19(2)18-30-27)17-21-12-14-22(15-13-21)23-8-6-7-9-24(23)28-32-34-35-33-28/h6-9,11-16,18H,4-5,10,17H2,1-3H3,(H,32,33,34,35). The van der Waals surface area contributed by atoms with Crippen molar-refractivity contribution >= 4 is 0 Å². The fraction of sp³-hybridized carbons (Fsp3) is 0.241. The molecule has 5 rings (SSSR count). The van der Waals surface area contributed by atoms with Crippen molar-refractivity contribution in [1.82, 2.24) is 35.2 Å². The van der Waals surface area contributed by atoms with Crippen LogP contribution in [0, 0.1) is 13.8 Å². The van der Waals surface area contributed by atoms with Crippen LogP contribution in [0.3, 0.4) is 0 Å². The quantitative estimate of drug-likeness (QED) is 0.327. The fourth-order valence-electron chi connectivity index (χ4n) is 4.53. The summed E-state index contributed by atoms with van der Waals surface area (Å²) in [7, 11) is 0. The summed E-state index contributed by atoms with van der Waals surface area (Å²) in [6, 6.07) is 20.1. The lowest BCUT2D eigenvalue weighted by molar-refractivity contribution is 0.729. The van der Waals surface area contributed by atoms with Crippen LogP contribution in [0.1, 0.15) is 48.0 Å². The molecule has 0 unspecified atom stereocenters. The first-order valence-electron chi connectivity index (χ1n) is 12.5. The van der Waals surface area contributed by atoms with E-state index >= 15 is 0 Å². The van der Waals surface area contributed by atoms with E-state index in [4.69, 9.17) is 4.98 Å². The van der Waals surface area contributed by atoms with E-state index < -0.39 is 0 Å². The van der Waals surface area contributed by atoms with Gasteiger partial charge in [0.1, 0.15) is 11.6 Å². The summed E-state index contributed by atoms with van der Waals surface area (Å²) in [4.78, 5) is 23.2. The van der Waals surface area contributed by atoms with Crippen LogP contribution in [-0.2, 0) is 12.8 Å². The first-order chi connectivity index (χ1) is 18.0. The molecule has 0 fully saturated rings.